The van der Waals surface area contributed by atoms with Gasteiger partial charge in [-0.25, -0.2) is 0 Å². The van der Waals surface area contributed by atoms with Crippen molar-refractivity contribution in [2.75, 3.05) is 6.61 Å². The molecule has 0 saturated heterocycles. The fraction of sp³-hybridized carbons (Fsp3) is 1.00. The summed E-state index contributed by atoms with van der Waals surface area (Å²) < 4.78 is 33.7. The lowest BCUT2D eigenvalue weighted by atomic mass is 9.68. The van der Waals surface area contributed by atoms with Crippen LogP contribution in [0.25, 0.3) is 0 Å². The molecule has 12 unspecified atom stereocenters. The van der Waals surface area contributed by atoms with Crippen LogP contribution in [0.2, 0.25) is 0 Å². The van der Waals surface area contributed by atoms with Gasteiger partial charge in [0.05, 0.1) is 29.5 Å². The van der Waals surface area contributed by atoms with Gasteiger partial charge in [-0.2, -0.15) is 28.9 Å². The Morgan fingerprint density at radius 3 is 1.97 bits per heavy atom. The number of azo groups is 2. The van der Waals surface area contributed by atoms with Crippen molar-refractivity contribution in [1.82, 2.24) is 0 Å². The Kier molecular flexibility index (Phi) is 9.19. The SMILES string of the molecule is O=S(=O)(O)C1CCC(N=NC2CC(CO)C(O)C(N=NC3CCCC4CCCCC43)C2O)C2CCCCC21. The number of hydrogen-bond donors (Lipinski definition) is 4. The highest BCUT2D eigenvalue weighted by Crippen LogP contribution is 2.45. The van der Waals surface area contributed by atoms with Crippen molar-refractivity contribution in [3.63, 3.8) is 0 Å². The van der Waals surface area contributed by atoms with Gasteiger partial charge < -0.3 is 15.3 Å². The quantitative estimate of drug-likeness (QED) is 0.287. The van der Waals surface area contributed by atoms with Crippen molar-refractivity contribution in [2.45, 2.75) is 132 Å². The largest absolute Gasteiger partial charge is 0.396 e. The third-order valence-electron chi connectivity index (χ3n) is 10.6. The number of aliphatic hydroxyl groups is 3. The fourth-order valence-corrected chi connectivity index (χ4v) is 9.73. The van der Waals surface area contributed by atoms with Crippen LogP contribution in [0.15, 0.2) is 20.5 Å². The maximum absolute atomic E-state index is 12.0. The van der Waals surface area contributed by atoms with Crippen molar-refractivity contribution in [2.24, 2.45) is 50.0 Å². The van der Waals surface area contributed by atoms with Crippen LogP contribution in [0, 0.1) is 29.6 Å². The first kappa shape index (κ1) is 28.5. The molecular weight excluding hydrogens is 508 g/mol. The van der Waals surface area contributed by atoms with E-state index in [-0.39, 0.29) is 30.5 Å². The number of rotatable bonds is 6. The van der Waals surface area contributed by atoms with Gasteiger partial charge in [0.15, 0.2) is 0 Å². The van der Waals surface area contributed by atoms with E-state index in [1.165, 1.54) is 32.1 Å². The van der Waals surface area contributed by atoms with Gasteiger partial charge in [0.2, 0.25) is 0 Å². The lowest BCUT2D eigenvalue weighted by Gasteiger charge is -2.43. The van der Waals surface area contributed by atoms with E-state index < -0.39 is 45.6 Å². The zero-order valence-corrected chi connectivity index (χ0v) is 23.2. The van der Waals surface area contributed by atoms with Crippen LogP contribution >= 0.6 is 0 Å². The van der Waals surface area contributed by atoms with Crippen LogP contribution in [0.3, 0.4) is 0 Å². The number of aliphatic hydroxyl groups excluding tert-OH is 3. The smallest absolute Gasteiger partial charge is 0.268 e. The average molecular weight is 555 g/mol. The Labute approximate surface area is 226 Å². The standard InChI is InChI=1S/C27H46N4O6S/c32-15-17-14-23(30-28-22-12-13-24(38(35,36)37)20-10-4-3-9-19(20)22)27(34)25(26(17)33)31-29-21-11-5-7-16-6-1-2-8-18(16)21/h16-27,32-34H,1-15H2,(H,35,36,37). The van der Waals surface area contributed by atoms with Crippen molar-refractivity contribution < 1.29 is 28.3 Å². The summed E-state index contributed by atoms with van der Waals surface area (Å²) in [5.41, 5.74) is 0. The molecular formula is C27H46N4O6S. The van der Waals surface area contributed by atoms with Gasteiger partial charge in [0.1, 0.15) is 12.1 Å². The van der Waals surface area contributed by atoms with E-state index in [9.17, 15) is 28.3 Å². The van der Waals surface area contributed by atoms with Crippen LogP contribution in [0.5, 0.6) is 0 Å². The molecule has 38 heavy (non-hydrogen) atoms. The second-order valence-corrected chi connectivity index (χ2v) is 14.3. The fourth-order valence-electron chi connectivity index (χ4n) is 8.52. The van der Waals surface area contributed by atoms with Gasteiger partial charge in [0, 0.05) is 12.5 Å². The van der Waals surface area contributed by atoms with E-state index in [1.54, 1.807) is 0 Å². The molecule has 216 valence electrons. The molecule has 0 aliphatic heterocycles. The summed E-state index contributed by atoms with van der Waals surface area (Å²) in [4.78, 5) is 0. The molecule has 0 radical (unpaired) electrons. The monoisotopic (exact) mass is 554 g/mol. The third kappa shape index (κ3) is 6.01. The summed E-state index contributed by atoms with van der Waals surface area (Å²) >= 11 is 0. The van der Waals surface area contributed by atoms with Crippen LogP contribution in [0.4, 0.5) is 0 Å². The Hall–Kier alpha value is -1.01. The number of hydrogen-bond acceptors (Lipinski definition) is 9. The molecule has 12 atom stereocenters. The molecule has 0 bridgehead atoms. The minimum absolute atomic E-state index is 0.0402. The van der Waals surface area contributed by atoms with Gasteiger partial charge in [-0.1, -0.05) is 44.9 Å². The summed E-state index contributed by atoms with van der Waals surface area (Å²) in [5, 5.41) is 49.8. The molecule has 0 spiro atoms. The lowest BCUT2D eigenvalue weighted by Crippen LogP contribution is -2.53. The molecule has 0 heterocycles. The second-order valence-electron chi connectivity index (χ2n) is 12.7. The Balaban J connectivity index is 1.29. The van der Waals surface area contributed by atoms with E-state index in [4.69, 9.17) is 5.11 Å². The predicted octanol–water partition coefficient (Wildman–Crippen LogP) is 3.95. The van der Waals surface area contributed by atoms with Crippen molar-refractivity contribution in [3.05, 3.63) is 0 Å². The maximum Gasteiger partial charge on any atom is 0.268 e. The number of fused-ring (bicyclic) bond motifs is 2. The van der Waals surface area contributed by atoms with Crippen molar-refractivity contribution in [3.8, 4) is 0 Å². The van der Waals surface area contributed by atoms with E-state index in [2.05, 4.69) is 15.3 Å². The molecule has 5 rings (SSSR count). The van der Waals surface area contributed by atoms with Gasteiger partial charge in [-0.3, -0.25) is 4.55 Å². The summed E-state index contributed by atoms with van der Waals surface area (Å²) in [5.74, 6) is 0.676. The first-order chi connectivity index (χ1) is 18.3. The zero-order chi connectivity index (χ0) is 26.9. The second kappa shape index (κ2) is 12.2. The van der Waals surface area contributed by atoms with Crippen molar-refractivity contribution in [1.29, 1.82) is 0 Å². The third-order valence-corrected chi connectivity index (χ3v) is 11.9. The zero-order valence-electron chi connectivity index (χ0n) is 22.3. The summed E-state index contributed by atoms with van der Waals surface area (Å²) in [6.45, 7) is -0.232. The summed E-state index contributed by atoms with van der Waals surface area (Å²) in [6, 6.07) is -1.50. The molecule has 0 aromatic rings. The molecule has 10 nitrogen and oxygen atoms in total. The van der Waals surface area contributed by atoms with Crippen LogP contribution in [0.1, 0.15) is 89.9 Å². The van der Waals surface area contributed by atoms with Crippen LogP contribution < -0.4 is 0 Å². The molecule has 0 aromatic carbocycles. The van der Waals surface area contributed by atoms with Gasteiger partial charge in [-0.05, 0) is 68.6 Å². The maximum atomic E-state index is 12.0. The predicted molar refractivity (Wildman–Crippen MR) is 141 cm³/mol. The van der Waals surface area contributed by atoms with Crippen LogP contribution in [-0.2, 0) is 10.1 Å². The molecule has 5 aliphatic rings. The van der Waals surface area contributed by atoms with E-state index in [0.717, 1.165) is 38.5 Å². The van der Waals surface area contributed by atoms with Gasteiger partial charge >= 0.3 is 0 Å². The molecule has 5 aliphatic carbocycles. The summed E-state index contributed by atoms with van der Waals surface area (Å²) in [7, 11) is -4.10. The highest BCUT2D eigenvalue weighted by atomic mass is 32.2. The Bertz CT molecular complexity index is 961. The van der Waals surface area contributed by atoms with Gasteiger partial charge in [-0.15, -0.1) is 0 Å². The van der Waals surface area contributed by atoms with E-state index in [1.807, 2.05) is 0 Å². The number of nitrogens with zero attached hydrogens (tertiary/aromatic N) is 4. The van der Waals surface area contributed by atoms with Gasteiger partial charge in [0.25, 0.3) is 10.1 Å². The van der Waals surface area contributed by atoms with Crippen molar-refractivity contribution >= 4 is 10.1 Å². The summed E-state index contributed by atoms with van der Waals surface area (Å²) in [6.07, 6.45) is 11.0. The highest BCUT2D eigenvalue weighted by molar-refractivity contribution is 7.86. The molecule has 5 fully saturated rings. The normalized spacial score (nSPS) is 46.6. The average Bonchev–Trinajstić information content (AvgIpc) is 2.92. The Morgan fingerprint density at radius 2 is 1.24 bits per heavy atom. The van der Waals surface area contributed by atoms with E-state index >= 15 is 0 Å². The molecule has 0 amide bonds. The molecule has 0 aromatic heterocycles. The highest BCUT2D eigenvalue weighted by Gasteiger charge is 2.47. The molecule has 11 heteroatoms. The lowest BCUT2D eigenvalue weighted by molar-refractivity contribution is -0.0488. The minimum atomic E-state index is -4.10. The molecule has 5 saturated carbocycles. The van der Waals surface area contributed by atoms with E-state index in [0.29, 0.717) is 31.1 Å². The minimum Gasteiger partial charge on any atom is -0.396 e. The topological polar surface area (TPSA) is 165 Å². The van der Waals surface area contributed by atoms with Crippen LogP contribution in [-0.4, -0.2) is 76.5 Å². The first-order valence-corrected chi connectivity index (χ1v) is 16.5. The molecule has 4 N–H and O–H groups in total. The Morgan fingerprint density at radius 1 is 0.632 bits per heavy atom. The first-order valence-electron chi connectivity index (χ1n) is 15.0.